The first-order valence-corrected chi connectivity index (χ1v) is 32.1. The van der Waals surface area contributed by atoms with Crippen molar-refractivity contribution in [2.75, 3.05) is 47.5 Å². The number of hydrogen-bond donors (Lipinski definition) is 0. The Morgan fingerprint density at radius 1 is 0.432 bits per heavy atom. The third-order valence-corrected chi connectivity index (χ3v) is 14.2. The van der Waals surface area contributed by atoms with Gasteiger partial charge in [0.25, 0.3) is 7.82 Å². The van der Waals surface area contributed by atoms with E-state index >= 15 is 0 Å². The van der Waals surface area contributed by atoms with Gasteiger partial charge in [0.1, 0.15) is 19.8 Å². The van der Waals surface area contributed by atoms with Crippen LogP contribution in [0.4, 0.5) is 0 Å². The van der Waals surface area contributed by atoms with Crippen LogP contribution in [0, 0.1) is 0 Å². The molecule has 0 amide bonds. The van der Waals surface area contributed by atoms with E-state index in [-0.39, 0.29) is 26.1 Å². The zero-order valence-electron chi connectivity index (χ0n) is 48.8. The highest BCUT2D eigenvalue weighted by atomic mass is 31.2. The van der Waals surface area contributed by atoms with E-state index in [1.807, 2.05) is 21.1 Å². The van der Waals surface area contributed by atoms with E-state index in [1.165, 1.54) is 154 Å². The lowest BCUT2D eigenvalue weighted by atomic mass is 10.0. The second kappa shape index (κ2) is 55.2. The summed E-state index contributed by atoms with van der Waals surface area (Å²) in [5.74, 6) is -0.839. The zero-order valence-corrected chi connectivity index (χ0v) is 49.7. The predicted molar refractivity (Wildman–Crippen MR) is 314 cm³/mol. The molecule has 0 aliphatic carbocycles. The summed E-state index contributed by atoms with van der Waals surface area (Å²) in [6.45, 7) is 4.12. The van der Waals surface area contributed by atoms with Gasteiger partial charge in [-0.1, -0.05) is 247 Å². The summed E-state index contributed by atoms with van der Waals surface area (Å²) >= 11 is 0. The Bertz CT molecular complexity index is 1480. The van der Waals surface area contributed by atoms with Crippen molar-refractivity contribution in [3.05, 3.63) is 72.9 Å². The zero-order chi connectivity index (χ0) is 54.2. The van der Waals surface area contributed by atoms with Gasteiger partial charge in [0, 0.05) is 12.8 Å². The van der Waals surface area contributed by atoms with Crippen LogP contribution in [0.2, 0.25) is 0 Å². The predicted octanol–water partition coefficient (Wildman–Crippen LogP) is 18.6. The lowest BCUT2D eigenvalue weighted by molar-refractivity contribution is -0.870. The molecule has 74 heavy (non-hydrogen) atoms. The van der Waals surface area contributed by atoms with E-state index in [0.29, 0.717) is 17.4 Å². The quantitative estimate of drug-likeness (QED) is 0.0195. The molecule has 0 aliphatic heterocycles. The maximum Gasteiger partial charge on any atom is 0.306 e. The number of quaternary nitrogens is 1. The maximum absolute atomic E-state index is 12.8. The SMILES string of the molecule is CC/C=C\C/C=C\C/C=C\CCCCCCCCCC(=O)OCC(COP(=O)([O-])OCC[N+](C)(C)C)OC(=O)CCCCCCCCCCCCCCCCCCCC/C=C\C/C=C\C/C=C\CCCCCCC. The first-order chi connectivity index (χ1) is 36.0. The van der Waals surface area contributed by atoms with Crippen molar-refractivity contribution in [1.82, 2.24) is 0 Å². The number of rotatable bonds is 56. The summed E-state index contributed by atoms with van der Waals surface area (Å²) in [5, 5.41) is 0. The molecule has 0 heterocycles. The Balaban J connectivity index is 4.05. The van der Waals surface area contributed by atoms with Gasteiger partial charge in [-0.2, -0.15) is 0 Å². The lowest BCUT2D eigenvalue weighted by Crippen LogP contribution is -2.37. The molecule has 0 aromatic rings. The number of carbonyl (C=O) groups excluding carboxylic acids is 2. The molecule has 0 radical (unpaired) electrons. The number of phosphoric acid groups is 1. The highest BCUT2D eigenvalue weighted by Gasteiger charge is 2.22. The Hall–Kier alpha value is -2.55. The van der Waals surface area contributed by atoms with Crippen molar-refractivity contribution in [3.8, 4) is 0 Å². The van der Waals surface area contributed by atoms with E-state index in [1.54, 1.807) is 0 Å². The molecule has 0 saturated heterocycles. The van der Waals surface area contributed by atoms with Crippen molar-refractivity contribution < 1.29 is 42.1 Å². The van der Waals surface area contributed by atoms with E-state index in [2.05, 4.69) is 86.8 Å². The van der Waals surface area contributed by atoms with Crippen LogP contribution >= 0.6 is 7.82 Å². The summed E-state index contributed by atoms with van der Waals surface area (Å²) in [7, 11) is 1.16. The van der Waals surface area contributed by atoms with Gasteiger partial charge < -0.3 is 27.9 Å². The first kappa shape index (κ1) is 71.5. The molecular weight excluding hydrogens is 942 g/mol. The third kappa shape index (κ3) is 58.7. The minimum atomic E-state index is -4.64. The normalized spacial score (nSPS) is 13.8. The molecule has 2 unspecified atom stereocenters. The molecule has 0 fully saturated rings. The van der Waals surface area contributed by atoms with E-state index in [0.717, 1.165) is 83.5 Å². The highest BCUT2D eigenvalue weighted by Crippen LogP contribution is 2.38. The molecule has 0 aromatic carbocycles. The monoisotopic (exact) mass is 1060 g/mol. The maximum atomic E-state index is 12.8. The van der Waals surface area contributed by atoms with E-state index in [4.69, 9.17) is 18.5 Å². The molecular formula is C64H116NO8P. The topological polar surface area (TPSA) is 111 Å². The Morgan fingerprint density at radius 2 is 0.770 bits per heavy atom. The molecule has 430 valence electrons. The Kier molecular flexibility index (Phi) is 53.3. The second-order valence-electron chi connectivity index (χ2n) is 21.7. The number of phosphoric ester groups is 1. The van der Waals surface area contributed by atoms with Crippen molar-refractivity contribution in [3.63, 3.8) is 0 Å². The fraction of sp³-hybridized carbons (Fsp3) is 0.781. The number of carbonyl (C=O) groups is 2. The second-order valence-corrected chi connectivity index (χ2v) is 23.1. The van der Waals surface area contributed by atoms with Gasteiger partial charge in [-0.05, 0) is 83.5 Å². The molecule has 0 N–H and O–H groups in total. The minimum Gasteiger partial charge on any atom is -0.756 e. The smallest absolute Gasteiger partial charge is 0.306 e. The van der Waals surface area contributed by atoms with Crippen molar-refractivity contribution >= 4 is 19.8 Å². The minimum absolute atomic E-state index is 0.0340. The lowest BCUT2D eigenvalue weighted by Gasteiger charge is -2.28. The highest BCUT2D eigenvalue weighted by molar-refractivity contribution is 7.45. The van der Waals surface area contributed by atoms with Gasteiger partial charge in [-0.25, -0.2) is 0 Å². The number of likely N-dealkylation sites (N-methyl/N-ethyl adjacent to an activating group) is 1. The van der Waals surface area contributed by atoms with Gasteiger partial charge in [-0.3, -0.25) is 14.2 Å². The summed E-state index contributed by atoms with van der Waals surface area (Å²) in [6.07, 6.45) is 72.5. The third-order valence-electron chi connectivity index (χ3n) is 13.2. The van der Waals surface area contributed by atoms with Crippen LogP contribution in [-0.4, -0.2) is 70.0 Å². The number of hydrogen-bond acceptors (Lipinski definition) is 8. The van der Waals surface area contributed by atoms with Crippen LogP contribution in [0.25, 0.3) is 0 Å². The summed E-state index contributed by atoms with van der Waals surface area (Å²) in [4.78, 5) is 37.9. The fourth-order valence-corrected chi connectivity index (χ4v) is 9.23. The fourth-order valence-electron chi connectivity index (χ4n) is 8.50. The van der Waals surface area contributed by atoms with Gasteiger partial charge in [0.2, 0.25) is 0 Å². The van der Waals surface area contributed by atoms with Crippen LogP contribution < -0.4 is 4.89 Å². The summed E-state index contributed by atoms with van der Waals surface area (Å²) in [6, 6.07) is 0. The van der Waals surface area contributed by atoms with Crippen LogP contribution in [0.1, 0.15) is 271 Å². The molecule has 9 nitrogen and oxygen atoms in total. The van der Waals surface area contributed by atoms with Gasteiger partial charge in [0.05, 0.1) is 27.7 Å². The van der Waals surface area contributed by atoms with Crippen molar-refractivity contribution in [1.29, 1.82) is 0 Å². The van der Waals surface area contributed by atoms with Crippen LogP contribution in [-0.2, 0) is 32.7 Å². The molecule has 0 aliphatic rings. The van der Waals surface area contributed by atoms with Crippen LogP contribution in [0.15, 0.2) is 72.9 Å². The average Bonchev–Trinajstić information content (AvgIpc) is 3.36. The molecule has 10 heteroatoms. The Labute approximate surface area is 457 Å². The van der Waals surface area contributed by atoms with E-state index < -0.39 is 32.5 Å². The number of nitrogens with zero attached hydrogens (tertiary/aromatic N) is 1. The molecule has 0 saturated carbocycles. The van der Waals surface area contributed by atoms with Crippen molar-refractivity contribution in [2.24, 2.45) is 0 Å². The number of esters is 2. The number of allylic oxidation sites excluding steroid dienone is 12. The number of unbranched alkanes of at least 4 members (excludes halogenated alkanes) is 30. The molecule has 0 aromatic heterocycles. The first-order valence-electron chi connectivity index (χ1n) is 30.6. The van der Waals surface area contributed by atoms with E-state index in [9.17, 15) is 19.0 Å². The van der Waals surface area contributed by atoms with Crippen molar-refractivity contribution in [2.45, 2.75) is 277 Å². The Morgan fingerprint density at radius 3 is 1.15 bits per heavy atom. The van der Waals surface area contributed by atoms with Crippen LogP contribution in [0.5, 0.6) is 0 Å². The standard InChI is InChI=1S/C64H116NO8P/c1-6-8-10-12-14-16-18-20-22-24-25-26-27-28-29-30-31-32-33-34-35-36-37-38-39-41-43-45-47-49-51-53-55-57-64(67)73-62(61-72-74(68,69)71-59-58-65(3,4)5)60-70-63(66)56-54-52-50-48-46-44-42-40-23-21-19-17-15-13-11-9-7-2/h9,11,15,17-18,20-21,23-25,27-28,62H,6-8,10,12-14,16,19,22,26,29-61H2,1-5H3/b11-9-,17-15-,20-18-,23-21-,25-24-,28-27-. The van der Waals surface area contributed by atoms with Gasteiger partial charge in [0.15, 0.2) is 6.10 Å². The molecule has 0 bridgehead atoms. The summed E-state index contributed by atoms with van der Waals surface area (Å²) < 4.78 is 34.2. The average molecular weight is 1060 g/mol. The van der Waals surface area contributed by atoms with Gasteiger partial charge in [-0.15, -0.1) is 0 Å². The van der Waals surface area contributed by atoms with Crippen LogP contribution in [0.3, 0.4) is 0 Å². The number of ether oxygens (including phenoxy) is 2. The molecule has 0 spiro atoms. The summed E-state index contributed by atoms with van der Waals surface area (Å²) in [5.41, 5.74) is 0. The molecule has 0 rings (SSSR count). The largest absolute Gasteiger partial charge is 0.756 e. The molecule has 2 atom stereocenters. The van der Waals surface area contributed by atoms with Gasteiger partial charge >= 0.3 is 11.9 Å².